The van der Waals surface area contributed by atoms with Gasteiger partial charge in [-0.15, -0.1) is 0 Å². The van der Waals surface area contributed by atoms with Gasteiger partial charge in [-0.05, 0) is 0 Å². The number of carbonyl (C=O) groups is 1. The third kappa shape index (κ3) is 2.14. The Kier molecular flexibility index (Phi) is 2.77. The largest absolute Gasteiger partial charge is 0.364 e. The zero-order chi connectivity index (χ0) is 11.4. The van der Waals surface area contributed by atoms with Crippen molar-refractivity contribution >= 4 is 11.7 Å². The number of hydrogen-bond donors (Lipinski definition) is 3. The van der Waals surface area contributed by atoms with Crippen molar-refractivity contribution in [3.63, 3.8) is 0 Å². The van der Waals surface area contributed by atoms with Crippen LogP contribution in [0.25, 0.3) is 0 Å². The number of hydrogen-bond acceptors (Lipinski definition) is 5. The van der Waals surface area contributed by atoms with Crippen LogP contribution in [0.1, 0.15) is 16.3 Å². The fraction of sp³-hybridized carbons (Fsp3) is 0.111. The molecule has 2 aromatic heterocycles. The Morgan fingerprint density at radius 1 is 1.31 bits per heavy atom. The lowest BCUT2D eigenvalue weighted by Crippen LogP contribution is -2.17. The number of aromatic amines is 1. The van der Waals surface area contributed by atoms with Crippen LogP contribution in [0.4, 0.5) is 5.82 Å². The molecule has 0 saturated carbocycles. The fourth-order valence-corrected chi connectivity index (χ4v) is 1.21. The summed E-state index contributed by atoms with van der Waals surface area (Å²) in [7, 11) is 0. The van der Waals surface area contributed by atoms with Crippen LogP contribution in [0.5, 0.6) is 0 Å². The van der Waals surface area contributed by atoms with Crippen LogP contribution in [0, 0.1) is 0 Å². The molecule has 0 spiro atoms. The molecule has 0 aliphatic heterocycles. The van der Waals surface area contributed by atoms with Crippen molar-refractivity contribution in [1.82, 2.24) is 19.9 Å². The van der Waals surface area contributed by atoms with Gasteiger partial charge in [-0.1, -0.05) is 0 Å². The summed E-state index contributed by atoms with van der Waals surface area (Å²) in [5, 5.41) is 2.93. The lowest BCUT2D eigenvalue weighted by molar-refractivity contribution is 0.0996. The van der Waals surface area contributed by atoms with Gasteiger partial charge in [0.1, 0.15) is 5.82 Å². The first-order valence-corrected chi connectivity index (χ1v) is 4.60. The number of amides is 1. The highest BCUT2D eigenvalue weighted by Gasteiger charge is 2.10. The molecule has 4 N–H and O–H groups in total. The maximum atomic E-state index is 11.0. The molecule has 16 heavy (non-hydrogen) atoms. The second-order valence-electron chi connectivity index (χ2n) is 3.01. The zero-order valence-electron chi connectivity index (χ0n) is 8.34. The van der Waals surface area contributed by atoms with E-state index in [2.05, 4.69) is 25.3 Å². The van der Waals surface area contributed by atoms with Crippen LogP contribution < -0.4 is 11.1 Å². The second kappa shape index (κ2) is 4.39. The topological polar surface area (TPSA) is 110 Å². The number of primary amides is 1. The normalized spacial score (nSPS) is 10.0. The highest BCUT2D eigenvalue weighted by atomic mass is 16.1. The number of carbonyl (C=O) groups excluding carboxylic acids is 1. The molecule has 0 aliphatic carbocycles. The molecule has 2 aromatic rings. The van der Waals surface area contributed by atoms with Crippen molar-refractivity contribution in [3.8, 4) is 0 Å². The van der Waals surface area contributed by atoms with Gasteiger partial charge >= 0.3 is 0 Å². The lowest BCUT2D eigenvalue weighted by Gasteiger charge is -2.05. The maximum absolute atomic E-state index is 11.0. The van der Waals surface area contributed by atoms with Crippen molar-refractivity contribution in [2.75, 3.05) is 5.32 Å². The molecule has 0 atom stereocenters. The molecule has 0 aromatic carbocycles. The number of aromatic nitrogens is 4. The molecule has 82 valence electrons. The maximum Gasteiger partial charge on any atom is 0.271 e. The van der Waals surface area contributed by atoms with Gasteiger partial charge in [-0.3, -0.25) is 4.79 Å². The summed E-state index contributed by atoms with van der Waals surface area (Å²) in [4.78, 5) is 25.8. The summed E-state index contributed by atoms with van der Waals surface area (Å²) in [5.74, 6) is 0.475. The van der Waals surface area contributed by atoms with Crippen LogP contribution in [0.15, 0.2) is 24.8 Å². The number of rotatable bonds is 4. The van der Waals surface area contributed by atoms with Crippen LogP contribution in [0.3, 0.4) is 0 Å². The molecular formula is C9H10N6O. The number of H-pyrrole nitrogens is 1. The van der Waals surface area contributed by atoms with Gasteiger partial charge in [0, 0.05) is 24.8 Å². The van der Waals surface area contributed by atoms with E-state index in [-0.39, 0.29) is 5.69 Å². The Bertz CT molecular complexity index is 481. The summed E-state index contributed by atoms with van der Waals surface area (Å²) >= 11 is 0. The molecular weight excluding hydrogens is 208 g/mol. The van der Waals surface area contributed by atoms with Crippen molar-refractivity contribution < 1.29 is 4.79 Å². The van der Waals surface area contributed by atoms with Gasteiger partial charge in [0.25, 0.3) is 5.91 Å². The van der Waals surface area contributed by atoms with Crippen molar-refractivity contribution in [3.05, 3.63) is 36.3 Å². The molecule has 0 bridgehead atoms. The van der Waals surface area contributed by atoms with Gasteiger partial charge in [0.15, 0.2) is 11.5 Å². The van der Waals surface area contributed by atoms with Gasteiger partial charge in [-0.2, -0.15) is 0 Å². The minimum Gasteiger partial charge on any atom is -0.364 e. The fourth-order valence-electron chi connectivity index (χ4n) is 1.21. The number of imidazole rings is 1. The van der Waals surface area contributed by atoms with Gasteiger partial charge in [0.05, 0.1) is 6.54 Å². The number of anilines is 1. The van der Waals surface area contributed by atoms with E-state index in [4.69, 9.17) is 5.73 Å². The van der Waals surface area contributed by atoms with Gasteiger partial charge < -0.3 is 16.0 Å². The van der Waals surface area contributed by atoms with E-state index < -0.39 is 5.91 Å². The summed E-state index contributed by atoms with van der Waals surface area (Å²) in [5.41, 5.74) is 5.28. The molecule has 0 aliphatic rings. The predicted molar refractivity (Wildman–Crippen MR) is 56.5 cm³/mol. The molecule has 0 fully saturated rings. The number of nitrogens with two attached hydrogens (primary N) is 1. The van der Waals surface area contributed by atoms with Crippen LogP contribution in [-0.4, -0.2) is 25.8 Å². The Balaban J connectivity index is 2.12. The Labute approximate surface area is 91.1 Å². The first-order chi connectivity index (χ1) is 7.77. The smallest absolute Gasteiger partial charge is 0.271 e. The van der Waals surface area contributed by atoms with E-state index in [1.807, 2.05) is 0 Å². The average molecular weight is 218 g/mol. The highest BCUT2D eigenvalue weighted by molar-refractivity contribution is 5.95. The SMILES string of the molecule is NC(=O)c1nccnc1NCc1ncc[nH]1. The van der Waals surface area contributed by atoms with E-state index in [0.717, 1.165) is 5.82 Å². The van der Waals surface area contributed by atoms with Gasteiger partial charge in [0.2, 0.25) is 0 Å². The zero-order valence-corrected chi connectivity index (χ0v) is 8.34. The van der Waals surface area contributed by atoms with Crippen LogP contribution in [0.2, 0.25) is 0 Å². The quantitative estimate of drug-likeness (QED) is 0.664. The van der Waals surface area contributed by atoms with E-state index in [0.29, 0.717) is 12.4 Å². The second-order valence-corrected chi connectivity index (χ2v) is 3.01. The lowest BCUT2D eigenvalue weighted by atomic mass is 10.4. The van der Waals surface area contributed by atoms with Crippen molar-refractivity contribution in [1.29, 1.82) is 0 Å². The van der Waals surface area contributed by atoms with E-state index in [1.54, 1.807) is 12.4 Å². The Hall–Kier alpha value is -2.44. The Morgan fingerprint density at radius 2 is 2.12 bits per heavy atom. The molecule has 0 radical (unpaired) electrons. The molecule has 2 rings (SSSR count). The summed E-state index contributed by atoms with van der Waals surface area (Å²) < 4.78 is 0. The third-order valence-corrected chi connectivity index (χ3v) is 1.91. The van der Waals surface area contributed by atoms with Crippen LogP contribution in [-0.2, 0) is 6.54 Å². The molecule has 0 unspecified atom stereocenters. The van der Waals surface area contributed by atoms with E-state index >= 15 is 0 Å². The average Bonchev–Trinajstić information content (AvgIpc) is 2.79. The first-order valence-electron chi connectivity index (χ1n) is 4.60. The predicted octanol–water partition coefficient (Wildman–Crippen LogP) is -0.0893. The third-order valence-electron chi connectivity index (χ3n) is 1.91. The number of nitrogens with one attached hydrogen (secondary N) is 2. The standard InChI is InChI=1S/C9H10N6O/c10-8(16)7-9(14-4-3-13-7)15-5-6-11-1-2-12-6/h1-4H,5H2,(H2,10,16)(H,11,12)(H,14,15). The molecule has 2 heterocycles. The first kappa shape index (κ1) is 10.1. The molecule has 7 heteroatoms. The summed E-state index contributed by atoms with van der Waals surface area (Å²) in [6.07, 6.45) is 6.25. The molecule has 7 nitrogen and oxygen atoms in total. The summed E-state index contributed by atoms with van der Waals surface area (Å²) in [6, 6.07) is 0. The van der Waals surface area contributed by atoms with Gasteiger partial charge in [-0.25, -0.2) is 15.0 Å². The molecule has 1 amide bonds. The Morgan fingerprint density at radius 3 is 2.81 bits per heavy atom. The van der Waals surface area contributed by atoms with E-state index in [9.17, 15) is 4.79 Å². The number of nitrogens with zero attached hydrogens (tertiary/aromatic N) is 3. The van der Waals surface area contributed by atoms with Crippen molar-refractivity contribution in [2.24, 2.45) is 5.73 Å². The minimum atomic E-state index is -0.616. The molecule has 0 saturated heterocycles. The van der Waals surface area contributed by atoms with Crippen LogP contribution >= 0.6 is 0 Å². The highest BCUT2D eigenvalue weighted by Crippen LogP contribution is 2.07. The monoisotopic (exact) mass is 218 g/mol. The minimum absolute atomic E-state index is 0.119. The van der Waals surface area contributed by atoms with Crippen molar-refractivity contribution in [2.45, 2.75) is 6.54 Å². The van der Waals surface area contributed by atoms with E-state index in [1.165, 1.54) is 12.4 Å². The summed E-state index contributed by atoms with van der Waals surface area (Å²) in [6.45, 7) is 0.423.